The summed E-state index contributed by atoms with van der Waals surface area (Å²) in [5.74, 6) is 0.0554. The van der Waals surface area contributed by atoms with Crippen LogP contribution in [0, 0.1) is 5.41 Å². The van der Waals surface area contributed by atoms with Crippen LogP contribution in [0.4, 0.5) is 5.69 Å². The molecule has 0 aromatic carbocycles. The zero-order chi connectivity index (χ0) is 13.0. The van der Waals surface area contributed by atoms with Gasteiger partial charge in [-0.1, -0.05) is 19.3 Å². The molecule has 98 valence electrons. The number of pyridine rings is 1. The molecule has 0 saturated heterocycles. The molecular weight excluding hydrogens is 224 g/mol. The number of nitrogens with one attached hydrogen (secondary N) is 1. The molecule has 0 unspecified atom stereocenters. The zero-order valence-corrected chi connectivity index (χ0v) is 11.0. The first-order valence-corrected chi connectivity index (χ1v) is 6.80. The Labute approximate surface area is 109 Å². The van der Waals surface area contributed by atoms with E-state index >= 15 is 0 Å². The summed E-state index contributed by atoms with van der Waals surface area (Å²) >= 11 is 0. The minimum absolute atomic E-state index is 0.0554. The number of nitrogens with two attached hydrogens (primary N) is 1. The maximum absolute atomic E-state index is 7.65. The lowest BCUT2D eigenvalue weighted by Gasteiger charge is -2.36. The van der Waals surface area contributed by atoms with Gasteiger partial charge in [-0.3, -0.25) is 10.4 Å². The fourth-order valence-corrected chi connectivity index (χ4v) is 2.85. The lowest BCUT2D eigenvalue weighted by Crippen LogP contribution is -2.38. The van der Waals surface area contributed by atoms with Gasteiger partial charge in [-0.15, -0.1) is 0 Å². The normalized spacial score (nSPS) is 16.5. The highest BCUT2D eigenvalue weighted by Crippen LogP contribution is 2.28. The predicted molar refractivity (Wildman–Crippen MR) is 75.1 cm³/mol. The quantitative estimate of drug-likeness (QED) is 0.633. The molecule has 4 nitrogen and oxygen atoms in total. The number of anilines is 1. The maximum atomic E-state index is 7.65. The van der Waals surface area contributed by atoms with Crippen molar-refractivity contribution in [2.24, 2.45) is 5.73 Å². The molecule has 1 aliphatic carbocycles. The molecule has 18 heavy (non-hydrogen) atoms. The Morgan fingerprint density at radius 1 is 1.44 bits per heavy atom. The van der Waals surface area contributed by atoms with Crippen LogP contribution in [0.15, 0.2) is 18.3 Å². The van der Waals surface area contributed by atoms with Crippen molar-refractivity contribution in [2.75, 3.05) is 11.4 Å². The Kier molecular flexibility index (Phi) is 4.18. The van der Waals surface area contributed by atoms with E-state index in [4.69, 9.17) is 11.1 Å². The molecule has 2 rings (SSSR count). The van der Waals surface area contributed by atoms with E-state index in [0.717, 1.165) is 12.2 Å². The summed E-state index contributed by atoms with van der Waals surface area (Å²) in [5, 5.41) is 7.65. The van der Waals surface area contributed by atoms with E-state index in [1.165, 1.54) is 32.1 Å². The SMILES string of the molecule is CCN(c1cccnc1C(=N)N)C1CCCCC1. The Bertz CT molecular complexity index is 410. The molecule has 0 radical (unpaired) electrons. The monoisotopic (exact) mass is 246 g/mol. The van der Waals surface area contributed by atoms with Crippen LogP contribution in [0.3, 0.4) is 0 Å². The third-order valence-corrected chi connectivity index (χ3v) is 3.71. The van der Waals surface area contributed by atoms with Crippen molar-refractivity contribution in [3.63, 3.8) is 0 Å². The third-order valence-electron chi connectivity index (χ3n) is 3.71. The Hall–Kier alpha value is -1.58. The van der Waals surface area contributed by atoms with Crippen molar-refractivity contribution >= 4 is 11.5 Å². The van der Waals surface area contributed by atoms with Crippen LogP contribution < -0.4 is 10.6 Å². The second kappa shape index (κ2) is 5.85. The predicted octanol–water partition coefficient (Wildman–Crippen LogP) is 2.52. The van der Waals surface area contributed by atoms with Crippen LogP contribution in [0.2, 0.25) is 0 Å². The van der Waals surface area contributed by atoms with E-state index in [9.17, 15) is 0 Å². The summed E-state index contributed by atoms with van der Waals surface area (Å²) in [5.41, 5.74) is 7.26. The largest absolute Gasteiger partial charge is 0.382 e. The van der Waals surface area contributed by atoms with Crippen LogP contribution >= 0.6 is 0 Å². The van der Waals surface area contributed by atoms with Crippen molar-refractivity contribution in [1.82, 2.24) is 4.98 Å². The molecule has 0 bridgehead atoms. The number of rotatable bonds is 4. The number of hydrogen-bond donors (Lipinski definition) is 2. The standard InChI is InChI=1S/C14H22N4/c1-2-18(11-7-4-3-5-8-11)12-9-6-10-17-13(12)14(15)16/h6,9-11H,2-5,7-8H2,1H3,(H3,15,16). The number of nitrogen functional groups attached to an aromatic ring is 1. The van der Waals surface area contributed by atoms with Gasteiger partial charge in [0.1, 0.15) is 11.5 Å². The summed E-state index contributed by atoms with van der Waals surface area (Å²) in [7, 11) is 0. The van der Waals surface area contributed by atoms with Crippen LogP contribution in [0.25, 0.3) is 0 Å². The minimum Gasteiger partial charge on any atom is -0.382 e. The van der Waals surface area contributed by atoms with Crippen molar-refractivity contribution in [3.05, 3.63) is 24.0 Å². The summed E-state index contributed by atoms with van der Waals surface area (Å²) in [6.45, 7) is 3.10. The van der Waals surface area contributed by atoms with Crippen molar-refractivity contribution < 1.29 is 0 Å². The zero-order valence-electron chi connectivity index (χ0n) is 11.0. The van der Waals surface area contributed by atoms with E-state index in [2.05, 4.69) is 16.8 Å². The van der Waals surface area contributed by atoms with Gasteiger partial charge < -0.3 is 10.6 Å². The van der Waals surface area contributed by atoms with Crippen molar-refractivity contribution in [2.45, 2.75) is 45.1 Å². The Balaban J connectivity index is 2.28. The molecule has 1 aromatic heterocycles. The second-order valence-electron chi connectivity index (χ2n) is 4.86. The van der Waals surface area contributed by atoms with Gasteiger partial charge in [0.2, 0.25) is 0 Å². The summed E-state index contributed by atoms with van der Waals surface area (Å²) in [4.78, 5) is 6.61. The van der Waals surface area contributed by atoms with Gasteiger partial charge in [-0.2, -0.15) is 0 Å². The molecule has 3 N–H and O–H groups in total. The first-order valence-electron chi connectivity index (χ1n) is 6.80. The molecule has 1 saturated carbocycles. The molecule has 1 aliphatic rings. The lowest BCUT2D eigenvalue weighted by atomic mass is 9.93. The molecule has 4 heteroatoms. The Morgan fingerprint density at radius 3 is 2.78 bits per heavy atom. The molecule has 1 fully saturated rings. The first-order chi connectivity index (χ1) is 8.74. The minimum atomic E-state index is 0.0554. The molecule has 0 amide bonds. The maximum Gasteiger partial charge on any atom is 0.143 e. The lowest BCUT2D eigenvalue weighted by molar-refractivity contribution is 0.418. The molecule has 1 heterocycles. The third kappa shape index (κ3) is 2.63. The van der Waals surface area contributed by atoms with Crippen LogP contribution in [-0.2, 0) is 0 Å². The Morgan fingerprint density at radius 2 is 2.17 bits per heavy atom. The van der Waals surface area contributed by atoms with Crippen molar-refractivity contribution in [3.8, 4) is 0 Å². The smallest absolute Gasteiger partial charge is 0.143 e. The van der Waals surface area contributed by atoms with E-state index < -0.39 is 0 Å². The van der Waals surface area contributed by atoms with Gasteiger partial charge in [0.15, 0.2) is 0 Å². The summed E-state index contributed by atoms with van der Waals surface area (Å²) in [6.07, 6.45) is 8.13. The number of hydrogen-bond acceptors (Lipinski definition) is 3. The molecule has 0 aliphatic heterocycles. The van der Waals surface area contributed by atoms with Crippen LogP contribution in [0.5, 0.6) is 0 Å². The van der Waals surface area contributed by atoms with Crippen molar-refractivity contribution in [1.29, 1.82) is 5.41 Å². The average molecular weight is 246 g/mol. The van der Waals surface area contributed by atoms with E-state index in [0.29, 0.717) is 11.7 Å². The highest BCUT2D eigenvalue weighted by atomic mass is 15.2. The van der Waals surface area contributed by atoms with Crippen LogP contribution in [-0.4, -0.2) is 23.4 Å². The fourth-order valence-electron chi connectivity index (χ4n) is 2.85. The number of aromatic nitrogens is 1. The number of nitrogens with zero attached hydrogens (tertiary/aromatic N) is 2. The van der Waals surface area contributed by atoms with Gasteiger partial charge in [0.25, 0.3) is 0 Å². The van der Waals surface area contributed by atoms with E-state index in [-0.39, 0.29) is 5.84 Å². The topological polar surface area (TPSA) is 66.0 Å². The molecular formula is C14H22N4. The molecule has 0 atom stereocenters. The van der Waals surface area contributed by atoms with Gasteiger partial charge in [-0.25, -0.2) is 0 Å². The number of amidine groups is 1. The first kappa shape index (κ1) is 12.9. The van der Waals surface area contributed by atoms with Crippen LogP contribution in [0.1, 0.15) is 44.7 Å². The summed E-state index contributed by atoms with van der Waals surface area (Å²) < 4.78 is 0. The second-order valence-corrected chi connectivity index (χ2v) is 4.86. The molecule has 0 spiro atoms. The van der Waals surface area contributed by atoms with Gasteiger partial charge >= 0.3 is 0 Å². The van der Waals surface area contributed by atoms with Gasteiger partial charge in [0, 0.05) is 18.8 Å². The van der Waals surface area contributed by atoms with Gasteiger partial charge in [0.05, 0.1) is 5.69 Å². The fraction of sp³-hybridized carbons (Fsp3) is 0.571. The highest BCUT2D eigenvalue weighted by molar-refractivity contribution is 5.98. The van der Waals surface area contributed by atoms with Gasteiger partial charge in [-0.05, 0) is 31.9 Å². The van der Waals surface area contributed by atoms with E-state index in [1.807, 2.05) is 12.1 Å². The molecule has 1 aromatic rings. The highest BCUT2D eigenvalue weighted by Gasteiger charge is 2.22. The summed E-state index contributed by atoms with van der Waals surface area (Å²) in [6, 6.07) is 4.53. The van der Waals surface area contributed by atoms with E-state index in [1.54, 1.807) is 6.20 Å². The average Bonchev–Trinajstić information content (AvgIpc) is 2.41.